The minimum atomic E-state index is 0.837. The van der Waals surface area contributed by atoms with Crippen molar-refractivity contribution in [2.75, 3.05) is 0 Å². The van der Waals surface area contributed by atoms with Gasteiger partial charge in [-0.05, 0) is 36.0 Å². The number of hydrogen-bond donors (Lipinski definition) is 0. The Labute approximate surface area is 104 Å². The summed E-state index contributed by atoms with van der Waals surface area (Å²) in [6.07, 6.45) is 5.52. The largest absolute Gasteiger partial charge is 0.0654 e. The average Bonchev–Trinajstić information content (AvgIpc) is 2.26. The smallest absolute Gasteiger partial charge is 0.0383 e. The second-order valence-corrected chi connectivity index (χ2v) is 6.25. The average molecular weight is 226 g/mol. The van der Waals surface area contributed by atoms with Gasteiger partial charge in [-0.25, -0.2) is 0 Å². The summed E-state index contributed by atoms with van der Waals surface area (Å²) in [5, 5.41) is 0. The molecular weight excluding hydrogens is 192 g/mol. The molecule has 0 aliphatic heterocycles. The zero-order chi connectivity index (χ0) is 12.7. The Morgan fingerprint density at radius 2 is 1.38 bits per heavy atom. The van der Waals surface area contributed by atoms with Crippen LogP contribution in [0.3, 0.4) is 0 Å². The van der Waals surface area contributed by atoms with Crippen molar-refractivity contribution in [3.63, 3.8) is 0 Å². The maximum absolute atomic E-state index is 2.47. The van der Waals surface area contributed by atoms with Gasteiger partial charge in [0.05, 0.1) is 0 Å². The van der Waals surface area contributed by atoms with Crippen molar-refractivity contribution >= 4 is 0 Å². The zero-order valence-electron chi connectivity index (χ0n) is 12.7. The minimum Gasteiger partial charge on any atom is -0.0654 e. The molecule has 0 radical (unpaired) electrons. The van der Waals surface area contributed by atoms with Crippen molar-refractivity contribution in [2.45, 2.75) is 74.1 Å². The predicted molar refractivity (Wildman–Crippen MR) is 75.6 cm³/mol. The summed E-state index contributed by atoms with van der Waals surface area (Å²) in [4.78, 5) is 0. The van der Waals surface area contributed by atoms with Crippen molar-refractivity contribution in [3.8, 4) is 0 Å². The highest BCUT2D eigenvalue weighted by atomic mass is 14.3. The van der Waals surface area contributed by atoms with Crippen LogP contribution in [0.25, 0.3) is 0 Å². The summed E-state index contributed by atoms with van der Waals surface area (Å²) in [5.41, 5.74) is 0. The quantitative estimate of drug-likeness (QED) is 0.493. The molecule has 0 saturated heterocycles. The predicted octanol–water partition coefficient (Wildman–Crippen LogP) is 5.77. The van der Waals surface area contributed by atoms with Gasteiger partial charge in [-0.3, -0.25) is 0 Å². The first-order valence-electron chi connectivity index (χ1n) is 7.43. The molecule has 0 saturated carbocycles. The molecule has 0 aliphatic rings. The van der Waals surface area contributed by atoms with Gasteiger partial charge in [-0.1, -0.05) is 67.7 Å². The van der Waals surface area contributed by atoms with Crippen LogP contribution in [0, 0.1) is 29.6 Å². The highest BCUT2D eigenvalue weighted by Crippen LogP contribution is 2.33. The number of hydrogen-bond acceptors (Lipinski definition) is 0. The van der Waals surface area contributed by atoms with Crippen molar-refractivity contribution in [1.29, 1.82) is 0 Å². The lowest BCUT2D eigenvalue weighted by atomic mass is 9.74. The molecule has 0 aromatic carbocycles. The van der Waals surface area contributed by atoms with E-state index in [-0.39, 0.29) is 0 Å². The molecule has 0 nitrogen and oxygen atoms in total. The van der Waals surface area contributed by atoms with Crippen LogP contribution in [0.1, 0.15) is 74.1 Å². The van der Waals surface area contributed by atoms with E-state index in [1.165, 1.54) is 25.7 Å². The fourth-order valence-corrected chi connectivity index (χ4v) is 2.55. The van der Waals surface area contributed by atoms with E-state index in [1.807, 2.05) is 0 Å². The molecule has 0 fully saturated rings. The molecule has 98 valence electrons. The van der Waals surface area contributed by atoms with Gasteiger partial charge in [0.1, 0.15) is 0 Å². The van der Waals surface area contributed by atoms with Gasteiger partial charge < -0.3 is 0 Å². The van der Waals surface area contributed by atoms with Crippen LogP contribution >= 0.6 is 0 Å². The molecule has 4 atom stereocenters. The molecule has 0 rings (SSSR count). The SMILES string of the molecule is CCCC(CC(C)C(C)C)C(C)C(C)CC. The Morgan fingerprint density at radius 1 is 0.812 bits per heavy atom. The molecule has 0 heteroatoms. The summed E-state index contributed by atoms with van der Waals surface area (Å²) in [6, 6.07) is 0. The molecule has 0 aliphatic carbocycles. The van der Waals surface area contributed by atoms with Crippen molar-refractivity contribution < 1.29 is 0 Å². The van der Waals surface area contributed by atoms with E-state index in [1.54, 1.807) is 0 Å². The standard InChI is InChI=1S/C16H34/c1-8-10-16(11-14(6)12(3)4)15(7)13(5)9-2/h12-16H,8-11H2,1-7H3. The van der Waals surface area contributed by atoms with Crippen LogP contribution in [0.5, 0.6) is 0 Å². The van der Waals surface area contributed by atoms with E-state index < -0.39 is 0 Å². The van der Waals surface area contributed by atoms with Crippen molar-refractivity contribution in [3.05, 3.63) is 0 Å². The maximum atomic E-state index is 2.47. The molecule has 0 heterocycles. The topological polar surface area (TPSA) is 0 Å². The van der Waals surface area contributed by atoms with Crippen LogP contribution in [-0.4, -0.2) is 0 Å². The second kappa shape index (κ2) is 8.14. The highest BCUT2D eigenvalue weighted by molar-refractivity contribution is 4.74. The monoisotopic (exact) mass is 226 g/mol. The highest BCUT2D eigenvalue weighted by Gasteiger charge is 2.23. The van der Waals surface area contributed by atoms with Crippen LogP contribution in [0.2, 0.25) is 0 Å². The van der Waals surface area contributed by atoms with Gasteiger partial charge in [0, 0.05) is 0 Å². The van der Waals surface area contributed by atoms with E-state index in [9.17, 15) is 0 Å². The summed E-state index contributed by atoms with van der Waals surface area (Å²) >= 11 is 0. The van der Waals surface area contributed by atoms with Gasteiger partial charge in [0.25, 0.3) is 0 Å². The van der Waals surface area contributed by atoms with Crippen molar-refractivity contribution in [2.24, 2.45) is 29.6 Å². The first kappa shape index (κ1) is 16.0. The molecular formula is C16H34. The lowest BCUT2D eigenvalue weighted by Gasteiger charge is -2.31. The van der Waals surface area contributed by atoms with Gasteiger partial charge in [0.2, 0.25) is 0 Å². The molecule has 16 heavy (non-hydrogen) atoms. The van der Waals surface area contributed by atoms with E-state index in [4.69, 9.17) is 0 Å². The fourth-order valence-electron chi connectivity index (χ4n) is 2.55. The zero-order valence-corrected chi connectivity index (χ0v) is 12.7. The van der Waals surface area contributed by atoms with E-state index >= 15 is 0 Å². The van der Waals surface area contributed by atoms with Crippen LogP contribution in [-0.2, 0) is 0 Å². The Hall–Kier alpha value is 0. The molecule has 0 bridgehead atoms. The molecule has 0 aromatic rings. The van der Waals surface area contributed by atoms with Gasteiger partial charge >= 0.3 is 0 Å². The lowest BCUT2D eigenvalue weighted by molar-refractivity contribution is 0.189. The van der Waals surface area contributed by atoms with E-state index in [2.05, 4.69) is 48.5 Å². The van der Waals surface area contributed by atoms with E-state index in [0.29, 0.717) is 0 Å². The molecule has 4 unspecified atom stereocenters. The summed E-state index contributed by atoms with van der Waals surface area (Å²) in [5.74, 6) is 4.44. The third kappa shape index (κ3) is 5.37. The Kier molecular flexibility index (Phi) is 8.14. The third-order valence-corrected chi connectivity index (χ3v) is 4.76. The summed E-state index contributed by atoms with van der Waals surface area (Å²) in [6.45, 7) is 16.7. The van der Waals surface area contributed by atoms with Crippen molar-refractivity contribution in [1.82, 2.24) is 0 Å². The lowest BCUT2D eigenvalue weighted by Crippen LogP contribution is -2.22. The van der Waals surface area contributed by atoms with Crippen LogP contribution in [0.4, 0.5) is 0 Å². The first-order chi connectivity index (χ1) is 7.43. The number of rotatable bonds is 8. The Balaban J connectivity index is 4.35. The molecule has 0 amide bonds. The molecule has 0 spiro atoms. The third-order valence-electron chi connectivity index (χ3n) is 4.76. The minimum absolute atomic E-state index is 0.837. The summed E-state index contributed by atoms with van der Waals surface area (Å²) < 4.78 is 0. The second-order valence-electron chi connectivity index (χ2n) is 6.25. The van der Waals surface area contributed by atoms with Gasteiger partial charge in [0.15, 0.2) is 0 Å². The maximum Gasteiger partial charge on any atom is -0.0383 e. The van der Waals surface area contributed by atoms with Crippen LogP contribution < -0.4 is 0 Å². The Bertz CT molecular complexity index is 159. The van der Waals surface area contributed by atoms with Gasteiger partial charge in [-0.2, -0.15) is 0 Å². The van der Waals surface area contributed by atoms with Gasteiger partial charge in [-0.15, -0.1) is 0 Å². The molecule has 0 N–H and O–H groups in total. The first-order valence-corrected chi connectivity index (χ1v) is 7.43. The normalized spacial score (nSPS) is 19.5. The molecule has 0 aromatic heterocycles. The fraction of sp³-hybridized carbons (Fsp3) is 1.00. The Morgan fingerprint density at radius 3 is 1.75 bits per heavy atom. The summed E-state index contributed by atoms with van der Waals surface area (Å²) in [7, 11) is 0. The van der Waals surface area contributed by atoms with Crippen LogP contribution in [0.15, 0.2) is 0 Å². The van der Waals surface area contributed by atoms with E-state index in [0.717, 1.165) is 29.6 Å².